The van der Waals surface area contributed by atoms with Crippen molar-refractivity contribution in [3.05, 3.63) is 59.2 Å². The van der Waals surface area contributed by atoms with Crippen molar-refractivity contribution in [2.45, 2.75) is 19.4 Å². The zero-order valence-corrected chi connectivity index (χ0v) is 19.2. The highest BCUT2D eigenvalue weighted by Crippen LogP contribution is 2.18. The number of para-hydroxylation sites is 1. The Bertz CT molecular complexity index is 1200. The van der Waals surface area contributed by atoms with E-state index >= 15 is 0 Å². The quantitative estimate of drug-likeness (QED) is 0.271. The molecule has 0 fully saturated rings. The SMILES string of the molecule is COC(=O)c1cc(NC(=O)CC2N=C(/N=C(\N)Nc3ccccc3C)NC2=O)cc(C(=O)OC)c1. The van der Waals surface area contributed by atoms with Crippen molar-refractivity contribution in [3.8, 4) is 0 Å². The molecule has 0 aliphatic carbocycles. The molecule has 1 heterocycles. The van der Waals surface area contributed by atoms with E-state index in [1.165, 1.54) is 32.4 Å². The molecule has 5 N–H and O–H groups in total. The number of rotatable bonds is 6. The van der Waals surface area contributed by atoms with Gasteiger partial charge in [0.15, 0.2) is 0 Å². The lowest BCUT2D eigenvalue weighted by Crippen LogP contribution is -2.32. The second-order valence-corrected chi connectivity index (χ2v) is 7.43. The fraction of sp³-hybridized carbons (Fsp3) is 0.217. The number of hydrogen-bond donors (Lipinski definition) is 4. The number of aliphatic imine (C=N–C) groups is 2. The largest absolute Gasteiger partial charge is 0.465 e. The number of hydrogen-bond acceptors (Lipinski definition) is 8. The summed E-state index contributed by atoms with van der Waals surface area (Å²) in [6.45, 7) is 1.90. The van der Waals surface area contributed by atoms with Crippen molar-refractivity contribution < 1.29 is 28.7 Å². The van der Waals surface area contributed by atoms with E-state index in [1.807, 2.05) is 31.2 Å². The summed E-state index contributed by atoms with van der Waals surface area (Å²) in [7, 11) is 2.37. The van der Waals surface area contributed by atoms with Gasteiger partial charge in [0.1, 0.15) is 6.04 Å². The van der Waals surface area contributed by atoms with Gasteiger partial charge in [-0.1, -0.05) is 18.2 Å². The smallest absolute Gasteiger partial charge is 0.337 e. The van der Waals surface area contributed by atoms with E-state index in [0.717, 1.165) is 11.3 Å². The molecule has 0 bridgehead atoms. The van der Waals surface area contributed by atoms with Crippen LogP contribution in [-0.4, -0.2) is 55.9 Å². The van der Waals surface area contributed by atoms with E-state index in [-0.39, 0.29) is 35.2 Å². The summed E-state index contributed by atoms with van der Waals surface area (Å²) in [5.41, 5.74) is 7.81. The molecule has 0 radical (unpaired) electrons. The molecular weight excluding hydrogens is 456 g/mol. The van der Waals surface area contributed by atoms with Crippen LogP contribution in [0.3, 0.4) is 0 Å². The van der Waals surface area contributed by atoms with E-state index in [0.29, 0.717) is 0 Å². The van der Waals surface area contributed by atoms with Crippen molar-refractivity contribution in [1.29, 1.82) is 0 Å². The van der Waals surface area contributed by atoms with E-state index < -0.39 is 29.8 Å². The van der Waals surface area contributed by atoms with Crippen molar-refractivity contribution in [2.24, 2.45) is 15.7 Å². The Hall–Kier alpha value is -4.74. The van der Waals surface area contributed by atoms with E-state index in [4.69, 9.17) is 5.73 Å². The minimum atomic E-state index is -1.04. The van der Waals surface area contributed by atoms with Crippen LogP contribution in [0.4, 0.5) is 11.4 Å². The van der Waals surface area contributed by atoms with Gasteiger partial charge in [-0.25, -0.2) is 14.6 Å². The van der Waals surface area contributed by atoms with Gasteiger partial charge < -0.3 is 25.8 Å². The van der Waals surface area contributed by atoms with Gasteiger partial charge in [0.2, 0.25) is 17.8 Å². The Labute approximate surface area is 200 Å². The third kappa shape index (κ3) is 6.41. The summed E-state index contributed by atoms with van der Waals surface area (Å²) in [4.78, 5) is 56.8. The summed E-state index contributed by atoms with van der Waals surface area (Å²) in [5.74, 6) is -2.54. The van der Waals surface area contributed by atoms with Crippen molar-refractivity contribution in [2.75, 3.05) is 24.9 Å². The van der Waals surface area contributed by atoms with Crippen LogP contribution in [0.5, 0.6) is 0 Å². The Balaban J connectivity index is 1.70. The zero-order chi connectivity index (χ0) is 25.5. The van der Waals surface area contributed by atoms with Gasteiger partial charge in [-0.15, -0.1) is 0 Å². The molecule has 2 amide bonds. The maximum absolute atomic E-state index is 12.6. The molecule has 0 aromatic heterocycles. The molecule has 0 saturated heterocycles. The van der Waals surface area contributed by atoms with Crippen LogP contribution < -0.4 is 21.7 Å². The monoisotopic (exact) mass is 480 g/mol. The standard InChI is InChI=1S/C23H24N6O6/c1-12-6-4-5-7-16(12)26-22(24)29-23-27-17(19(31)28-23)11-18(30)25-15-9-13(20(32)34-2)8-14(10-15)21(33)35-3/h4-10,17H,11H2,1-3H3,(H,25,30)(H4,24,26,27,28,29,31). The van der Waals surface area contributed by atoms with E-state index in [2.05, 4.69) is 35.4 Å². The van der Waals surface area contributed by atoms with Crippen LogP contribution >= 0.6 is 0 Å². The van der Waals surface area contributed by atoms with Crippen molar-refractivity contribution in [3.63, 3.8) is 0 Å². The molecule has 35 heavy (non-hydrogen) atoms. The average Bonchev–Trinajstić information content (AvgIpc) is 3.16. The number of benzene rings is 2. The average molecular weight is 480 g/mol. The molecular formula is C23H24N6O6. The lowest BCUT2D eigenvalue weighted by Gasteiger charge is -2.10. The fourth-order valence-electron chi connectivity index (χ4n) is 3.18. The highest BCUT2D eigenvalue weighted by atomic mass is 16.5. The summed E-state index contributed by atoms with van der Waals surface area (Å²) < 4.78 is 9.34. The Morgan fingerprint density at radius 2 is 1.69 bits per heavy atom. The van der Waals surface area contributed by atoms with Gasteiger partial charge >= 0.3 is 11.9 Å². The van der Waals surface area contributed by atoms with Gasteiger partial charge in [-0.2, -0.15) is 4.99 Å². The highest BCUT2D eigenvalue weighted by Gasteiger charge is 2.29. The number of methoxy groups -OCH3 is 2. The summed E-state index contributed by atoms with van der Waals surface area (Å²) in [6, 6.07) is 10.3. The Kier molecular flexibility index (Phi) is 7.77. The van der Waals surface area contributed by atoms with Gasteiger partial charge in [-0.05, 0) is 36.8 Å². The molecule has 182 valence electrons. The number of anilines is 2. The minimum Gasteiger partial charge on any atom is -0.465 e. The molecule has 2 aromatic carbocycles. The predicted octanol–water partition coefficient (Wildman–Crippen LogP) is 1.18. The normalized spacial score (nSPS) is 15.1. The number of carbonyl (C=O) groups is 4. The van der Waals surface area contributed by atoms with Crippen LogP contribution in [0.15, 0.2) is 52.4 Å². The Morgan fingerprint density at radius 3 is 2.29 bits per heavy atom. The van der Waals surface area contributed by atoms with Crippen LogP contribution in [0.1, 0.15) is 32.7 Å². The first-order valence-corrected chi connectivity index (χ1v) is 10.4. The molecule has 1 aliphatic heterocycles. The molecule has 2 aromatic rings. The van der Waals surface area contributed by atoms with Gasteiger partial charge in [0.25, 0.3) is 5.91 Å². The summed E-state index contributed by atoms with van der Waals surface area (Å²) in [6.07, 6.45) is -0.314. The first kappa shape index (κ1) is 24.9. The number of esters is 2. The van der Waals surface area contributed by atoms with Gasteiger partial charge in [-0.3, -0.25) is 14.9 Å². The van der Waals surface area contributed by atoms with Crippen LogP contribution in [-0.2, 0) is 19.1 Å². The van der Waals surface area contributed by atoms with E-state index in [1.54, 1.807) is 0 Å². The molecule has 1 atom stereocenters. The van der Waals surface area contributed by atoms with E-state index in [9.17, 15) is 19.2 Å². The Morgan fingerprint density at radius 1 is 1.06 bits per heavy atom. The number of carbonyl (C=O) groups excluding carboxylic acids is 4. The molecule has 12 nitrogen and oxygen atoms in total. The van der Waals surface area contributed by atoms with Gasteiger partial charge in [0, 0.05) is 11.4 Å². The van der Waals surface area contributed by atoms with Crippen molar-refractivity contribution in [1.82, 2.24) is 5.32 Å². The maximum Gasteiger partial charge on any atom is 0.337 e. The van der Waals surface area contributed by atoms with Gasteiger partial charge in [0.05, 0.1) is 31.8 Å². The molecule has 12 heteroatoms. The minimum absolute atomic E-state index is 0.0124. The van der Waals surface area contributed by atoms with Crippen molar-refractivity contribution >= 4 is 47.0 Å². The second kappa shape index (κ2) is 10.9. The second-order valence-electron chi connectivity index (χ2n) is 7.43. The lowest BCUT2D eigenvalue weighted by molar-refractivity contribution is -0.123. The number of guanidine groups is 2. The predicted molar refractivity (Wildman–Crippen MR) is 128 cm³/mol. The fourth-order valence-corrected chi connectivity index (χ4v) is 3.18. The lowest BCUT2D eigenvalue weighted by atomic mass is 10.1. The summed E-state index contributed by atoms with van der Waals surface area (Å²) in [5, 5.41) is 7.93. The maximum atomic E-state index is 12.6. The number of nitrogens with zero attached hydrogens (tertiary/aromatic N) is 2. The number of aryl methyl sites for hydroxylation is 1. The number of nitrogens with one attached hydrogen (secondary N) is 3. The van der Waals surface area contributed by atoms with Crippen LogP contribution in [0.2, 0.25) is 0 Å². The zero-order valence-electron chi connectivity index (χ0n) is 19.2. The molecule has 1 unspecified atom stereocenters. The molecule has 1 aliphatic rings. The topological polar surface area (TPSA) is 174 Å². The third-order valence-corrected chi connectivity index (χ3v) is 4.89. The summed E-state index contributed by atoms with van der Waals surface area (Å²) >= 11 is 0. The number of amides is 2. The van der Waals surface area contributed by atoms with Crippen LogP contribution in [0.25, 0.3) is 0 Å². The first-order chi connectivity index (χ1) is 16.7. The molecule has 0 spiro atoms. The molecule has 3 rings (SSSR count). The molecule has 0 saturated carbocycles. The first-order valence-electron chi connectivity index (χ1n) is 10.4. The number of ether oxygens (including phenoxy) is 2. The number of nitrogens with two attached hydrogens (primary N) is 1. The third-order valence-electron chi connectivity index (χ3n) is 4.89. The highest BCUT2D eigenvalue weighted by molar-refractivity contribution is 6.11. The van der Waals surface area contributed by atoms with Crippen LogP contribution in [0, 0.1) is 6.92 Å².